The molecular weight excluding hydrogens is 440 g/mol. The van der Waals surface area contributed by atoms with Crippen LogP contribution < -0.4 is 9.47 Å². The fourth-order valence-electron chi connectivity index (χ4n) is 3.64. The number of amides is 1. The van der Waals surface area contributed by atoms with Crippen molar-refractivity contribution in [2.75, 3.05) is 20.8 Å². The molecule has 0 saturated heterocycles. The number of benzene rings is 2. The first-order chi connectivity index (χ1) is 15.8. The predicted octanol–water partition coefficient (Wildman–Crippen LogP) is 4.75. The highest BCUT2D eigenvalue weighted by molar-refractivity contribution is 7.11. The highest BCUT2D eigenvalue weighted by atomic mass is 32.1. The third-order valence-electron chi connectivity index (χ3n) is 5.39. The summed E-state index contributed by atoms with van der Waals surface area (Å²) >= 11 is 1.30. The summed E-state index contributed by atoms with van der Waals surface area (Å²) in [4.78, 5) is 31.5. The van der Waals surface area contributed by atoms with Gasteiger partial charge in [0.25, 0.3) is 5.91 Å². The van der Waals surface area contributed by atoms with Gasteiger partial charge in [0.05, 0.1) is 20.8 Å². The molecule has 3 aromatic rings. The quantitative estimate of drug-likeness (QED) is 0.462. The largest absolute Gasteiger partial charge is 0.496 e. The van der Waals surface area contributed by atoms with Gasteiger partial charge >= 0.3 is 5.97 Å². The highest BCUT2D eigenvalue weighted by Crippen LogP contribution is 2.30. The molecule has 0 aliphatic rings. The van der Waals surface area contributed by atoms with Gasteiger partial charge in [-0.2, -0.15) is 0 Å². The van der Waals surface area contributed by atoms with Crippen LogP contribution in [0.25, 0.3) is 0 Å². The Bertz CT molecular complexity index is 1100. The summed E-state index contributed by atoms with van der Waals surface area (Å²) in [5.74, 6) is -0.116. The SMILES string of the molecule is COc1cc(C(=O)N(CCCc2ccccc2)Cc2nc(C(=O)O)c(C)s2)cc(OC)c1C. The fraction of sp³-hybridized carbons (Fsp3) is 0.320. The van der Waals surface area contributed by atoms with Crippen molar-refractivity contribution in [1.29, 1.82) is 0 Å². The highest BCUT2D eigenvalue weighted by Gasteiger charge is 2.22. The van der Waals surface area contributed by atoms with Gasteiger partial charge in [0, 0.05) is 22.5 Å². The normalized spacial score (nSPS) is 10.7. The van der Waals surface area contributed by atoms with Crippen molar-refractivity contribution < 1.29 is 24.2 Å². The molecule has 1 N–H and O–H groups in total. The Morgan fingerprint density at radius 1 is 1.06 bits per heavy atom. The number of aromatic nitrogens is 1. The van der Waals surface area contributed by atoms with E-state index in [1.807, 2.05) is 25.1 Å². The maximum atomic E-state index is 13.5. The molecule has 0 aliphatic carbocycles. The molecule has 0 spiro atoms. The molecule has 0 atom stereocenters. The minimum absolute atomic E-state index is 0.0327. The number of carboxylic acids is 1. The summed E-state index contributed by atoms with van der Waals surface area (Å²) in [6.07, 6.45) is 1.58. The summed E-state index contributed by atoms with van der Waals surface area (Å²) in [5, 5.41) is 9.93. The van der Waals surface area contributed by atoms with Crippen LogP contribution in [0.3, 0.4) is 0 Å². The average molecular weight is 469 g/mol. The predicted molar refractivity (Wildman–Crippen MR) is 128 cm³/mol. The van der Waals surface area contributed by atoms with Crippen LogP contribution in [-0.4, -0.2) is 47.6 Å². The molecule has 1 heterocycles. The molecular formula is C25H28N2O5S. The number of carbonyl (C=O) groups excluding carboxylic acids is 1. The van der Waals surface area contributed by atoms with Crippen molar-refractivity contribution in [1.82, 2.24) is 9.88 Å². The first-order valence-corrected chi connectivity index (χ1v) is 11.4. The minimum Gasteiger partial charge on any atom is -0.496 e. The Hall–Kier alpha value is -3.39. The summed E-state index contributed by atoms with van der Waals surface area (Å²) in [6.45, 7) is 4.31. The molecule has 0 saturated carbocycles. The summed E-state index contributed by atoms with van der Waals surface area (Å²) in [6, 6.07) is 13.5. The fourth-order valence-corrected chi connectivity index (χ4v) is 4.58. The van der Waals surface area contributed by atoms with Crippen molar-refractivity contribution >= 4 is 23.2 Å². The molecule has 0 fully saturated rings. The lowest BCUT2D eigenvalue weighted by molar-refractivity contribution is 0.0690. The second kappa shape index (κ2) is 11.0. The number of hydrogen-bond donors (Lipinski definition) is 1. The standard InChI is InChI=1S/C25H28N2O5S/c1-16-20(31-3)13-19(14-21(16)32-4)24(28)27(12-8-11-18-9-6-5-7-10-18)15-22-26-23(25(29)30)17(2)33-22/h5-7,9-10,13-14H,8,11-12,15H2,1-4H3,(H,29,30). The molecule has 3 rings (SSSR count). The zero-order chi connectivity index (χ0) is 24.0. The minimum atomic E-state index is -1.06. The van der Waals surface area contributed by atoms with E-state index < -0.39 is 5.97 Å². The molecule has 0 radical (unpaired) electrons. The second-order valence-electron chi connectivity index (χ2n) is 7.64. The zero-order valence-electron chi connectivity index (χ0n) is 19.3. The average Bonchev–Trinajstić information content (AvgIpc) is 3.19. The van der Waals surface area contributed by atoms with Crippen LogP contribution in [0.15, 0.2) is 42.5 Å². The molecule has 2 aromatic carbocycles. The van der Waals surface area contributed by atoms with Crippen LogP contribution in [0, 0.1) is 13.8 Å². The number of rotatable bonds is 10. The lowest BCUT2D eigenvalue weighted by atomic mass is 10.1. The van der Waals surface area contributed by atoms with E-state index in [2.05, 4.69) is 17.1 Å². The molecule has 0 bridgehead atoms. The van der Waals surface area contributed by atoms with E-state index in [1.165, 1.54) is 16.9 Å². The Labute approximate surface area is 197 Å². The first kappa shape index (κ1) is 24.3. The van der Waals surface area contributed by atoms with Gasteiger partial charge in [0.15, 0.2) is 5.69 Å². The third-order valence-corrected chi connectivity index (χ3v) is 6.35. The Morgan fingerprint density at radius 3 is 2.24 bits per heavy atom. The molecule has 0 unspecified atom stereocenters. The van der Waals surface area contributed by atoms with Crippen molar-refractivity contribution in [2.45, 2.75) is 33.2 Å². The van der Waals surface area contributed by atoms with Gasteiger partial charge in [-0.25, -0.2) is 9.78 Å². The summed E-state index contributed by atoms with van der Waals surface area (Å²) in [5.41, 5.74) is 2.49. The number of aromatic carboxylic acids is 1. The molecule has 174 valence electrons. The van der Waals surface area contributed by atoms with Crippen LogP contribution >= 0.6 is 11.3 Å². The van der Waals surface area contributed by atoms with E-state index >= 15 is 0 Å². The van der Waals surface area contributed by atoms with E-state index in [-0.39, 0.29) is 18.1 Å². The Morgan fingerprint density at radius 2 is 1.70 bits per heavy atom. The van der Waals surface area contributed by atoms with Crippen LogP contribution in [0.1, 0.15) is 48.3 Å². The smallest absolute Gasteiger partial charge is 0.355 e. The van der Waals surface area contributed by atoms with Crippen molar-refractivity contribution in [2.24, 2.45) is 0 Å². The van der Waals surface area contributed by atoms with E-state index in [9.17, 15) is 14.7 Å². The number of nitrogens with zero attached hydrogens (tertiary/aromatic N) is 2. The number of ether oxygens (including phenoxy) is 2. The maximum absolute atomic E-state index is 13.5. The molecule has 33 heavy (non-hydrogen) atoms. The van der Waals surface area contributed by atoms with Crippen LogP contribution in [0.4, 0.5) is 0 Å². The Kier molecular flexibility index (Phi) is 8.06. The lowest BCUT2D eigenvalue weighted by Crippen LogP contribution is -2.32. The summed E-state index contributed by atoms with van der Waals surface area (Å²) < 4.78 is 10.9. The Balaban J connectivity index is 1.87. The number of aryl methyl sites for hydroxylation is 2. The maximum Gasteiger partial charge on any atom is 0.355 e. The van der Waals surface area contributed by atoms with Crippen LogP contribution in [0.2, 0.25) is 0 Å². The third kappa shape index (κ3) is 5.90. The first-order valence-electron chi connectivity index (χ1n) is 10.6. The van der Waals surface area contributed by atoms with Crippen molar-refractivity contribution in [3.05, 3.63) is 74.7 Å². The van der Waals surface area contributed by atoms with Gasteiger partial charge in [-0.3, -0.25) is 4.79 Å². The number of hydrogen-bond acceptors (Lipinski definition) is 6. The number of thiazole rings is 1. The van der Waals surface area contributed by atoms with Crippen LogP contribution in [-0.2, 0) is 13.0 Å². The number of carboxylic acid groups (broad SMARTS) is 1. The van der Waals surface area contributed by atoms with E-state index in [4.69, 9.17) is 9.47 Å². The zero-order valence-corrected chi connectivity index (χ0v) is 20.1. The molecule has 8 heteroatoms. The number of methoxy groups -OCH3 is 2. The molecule has 0 aliphatic heterocycles. The van der Waals surface area contributed by atoms with E-state index in [1.54, 1.807) is 38.2 Å². The van der Waals surface area contributed by atoms with E-state index in [0.717, 1.165) is 18.4 Å². The van der Waals surface area contributed by atoms with Gasteiger partial charge in [0.2, 0.25) is 0 Å². The van der Waals surface area contributed by atoms with E-state index in [0.29, 0.717) is 33.5 Å². The van der Waals surface area contributed by atoms with Crippen LogP contribution in [0.5, 0.6) is 11.5 Å². The monoisotopic (exact) mass is 468 g/mol. The molecule has 1 amide bonds. The second-order valence-corrected chi connectivity index (χ2v) is 8.93. The molecule has 1 aromatic heterocycles. The van der Waals surface area contributed by atoms with Crippen molar-refractivity contribution in [3.63, 3.8) is 0 Å². The van der Waals surface area contributed by atoms with Gasteiger partial charge < -0.3 is 19.5 Å². The lowest BCUT2D eigenvalue weighted by Gasteiger charge is -2.23. The van der Waals surface area contributed by atoms with Gasteiger partial charge in [-0.15, -0.1) is 11.3 Å². The number of carbonyl (C=O) groups is 2. The van der Waals surface area contributed by atoms with Gasteiger partial charge in [-0.05, 0) is 44.4 Å². The topological polar surface area (TPSA) is 89.0 Å². The summed E-state index contributed by atoms with van der Waals surface area (Å²) in [7, 11) is 3.11. The van der Waals surface area contributed by atoms with Gasteiger partial charge in [0.1, 0.15) is 16.5 Å². The molecule has 7 nitrogen and oxygen atoms in total. The van der Waals surface area contributed by atoms with Gasteiger partial charge in [-0.1, -0.05) is 30.3 Å². The van der Waals surface area contributed by atoms with Crippen molar-refractivity contribution in [3.8, 4) is 11.5 Å².